The lowest BCUT2D eigenvalue weighted by molar-refractivity contribution is -0.163. The van der Waals surface area contributed by atoms with Gasteiger partial charge in [-0.3, -0.25) is 14.4 Å². The highest BCUT2D eigenvalue weighted by Crippen LogP contribution is 2.44. The van der Waals surface area contributed by atoms with Crippen LogP contribution >= 0.6 is 0 Å². The van der Waals surface area contributed by atoms with E-state index >= 15 is 0 Å². The van der Waals surface area contributed by atoms with E-state index in [1.165, 1.54) is 20.3 Å². The number of hydrogen-bond donors (Lipinski definition) is 2. The molecule has 3 aromatic rings. The van der Waals surface area contributed by atoms with Gasteiger partial charge >= 0.3 is 24.0 Å². The number of nitrogens with zero attached hydrogens (tertiary/aromatic N) is 1. The predicted molar refractivity (Wildman–Crippen MR) is 190 cm³/mol. The van der Waals surface area contributed by atoms with Crippen molar-refractivity contribution in [2.75, 3.05) is 27.4 Å². The molecule has 2 N–H and O–H groups in total. The first-order valence-electron chi connectivity index (χ1n) is 16.6. The van der Waals surface area contributed by atoms with E-state index in [1.54, 1.807) is 39.0 Å². The van der Waals surface area contributed by atoms with Gasteiger partial charge in [-0.1, -0.05) is 61.2 Å². The summed E-state index contributed by atoms with van der Waals surface area (Å²) in [7, 11) is 2.84. The van der Waals surface area contributed by atoms with E-state index in [2.05, 4.69) is 11.9 Å². The maximum atomic E-state index is 14.5. The van der Waals surface area contributed by atoms with Crippen LogP contribution < -0.4 is 14.8 Å². The Kier molecular flexibility index (Phi) is 13.0. The lowest BCUT2D eigenvalue weighted by Crippen LogP contribution is -2.55. The number of hydrogen-bond acceptors (Lipinski definition) is 10. The van der Waals surface area contributed by atoms with Gasteiger partial charge in [0.25, 0.3) is 0 Å². The van der Waals surface area contributed by atoms with Crippen LogP contribution in [0.25, 0.3) is 11.1 Å². The number of benzene rings is 3. The number of methoxy groups -OCH3 is 2. The normalized spacial score (nSPS) is 13.0. The topological polar surface area (TPSA) is 167 Å². The van der Waals surface area contributed by atoms with Crippen molar-refractivity contribution in [3.63, 3.8) is 0 Å². The van der Waals surface area contributed by atoms with Gasteiger partial charge in [-0.2, -0.15) is 0 Å². The summed E-state index contributed by atoms with van der Waals surface area (Å²) in [6.45, 7) is 7.71. The number of fused-ring (bicyclic) bond motifs is 3. The lowest BCUT2D eigenvalue weighted by Gasteiger charge is -2.33. The van der Waals surface area contributed by atoms with Gasteiger partial charge in [-0.25, -0.2) is 9.59 Å². The van der Waals surface area contributed by atoms with Crippen molar-refractivity contribution in [2.24, 2.45) is 0 Å². The molecular formula is C39H44N2O11. The molecule has 4 rings (SSSR count). The highest BCUT2D eigenvalue weighted by atomic mass is 16.6. The van der Waals surface area contributed by atoms with E-state index in [0.717, 1.165) is 27.2 Å². The average Bonchev–Trinajstić information content (AvgIpc) is 3.43. The third-order valence-corrected chi connectivity index (χ3v) is 8.23. The summed E-state index contributed by atoms with van der Waals surface area (Å²) in [5, 5.41) is 12.8. The summed E-state index contributed by atoms with van der Waals surface area (Å²) in [5.41, 5.74) is 3.35. The van der Waals surface area contributed by atoms with Crippen molar-refractivity contribution in [3.8, 4) is 22.6 Å². The highest BCUT2D eigenvalue weighted by Gasteiger charge is 2.39. The Morgan fingerprint density at radius 3 is 2.08 bits per heavy atom. The smallest absolute Gasteiger partial charge is 0.407 e. The first kappa shape index (κ1) is 38.9. The van der Waals surface area contributed by atoms with Crippen molar-refractivity contribution in [1.82, 2.24) is 10.2 Å². The van der Waals surface area contributed by atoms with Crippen LogP contribution in [-0.4, -0.2) is 85.0 Å². The van der Waals surface area contributed by atoms with E-state index in [1.807, 2.05) is 48.5 Å². The van der Waals surface area contributed by atoms with Crippen molar-refractivity contribution in [1.29, 1.82) is 0 Å². The Morgan fingerprint density at radius 2 is 1.52 bits per heavy atom. The number of ether oxygens (including phenoxy) is 5. The summed E-state index contributed by atoms with van der Waals surface area (Å²) in [6, 6.07) is 16.7. The SMILES string of the molecule is C=CCOC(=O)C[C@H](NC(=O)OCC1c2ccccc2-c2ccccc21)C(=O)N(Cc1ccc(OC)cc1OC)[C@@H](CC(=O)OC(C)(C)C)C(=O)O. The van der Waals surface area contributed by atoms with Crippen molar-refractivity contribution in [2.45, 2.75) is 63.8 Å². The average molecular weight is 717 g/mol. The fraction of sp³-hybridized carbons (Fsp3) is 0.359. The highest BCUT2D eigenvalue weighted by molar-refractivity contribution is 5.93. The monoisotopic (exact) mass is 716 g/mol. The van der Waals surface area contributed by atoms with Gasteiger partial charge in [0, 0.05) is 17.5 Å². The third kappa shape index (κ3) is 9.89. The minimum absolute atomic E-state index is 0.0924. The van der Waals surface area contributed by atoms with E-state index in [9.17, 15) is 29.1 Å². The molecule has 1 aliphatic rings. The zero-order valence-electron chi connectivity index (χ0n) is 29.9. The maximum absolute atomic E-state index is 14.5. The standard InChI is InChI=1S/C39H44N2O11/c1-7-18-50-34(42)20-31(40-38(47)51-23-30-28-14-10-8-12-26(28)27-13-9-11-15-29(27)30)36(44)41(22-24-16-17-25(48-5)19-33(24)49-6)32(37(45)46)21-35(43)52-39(2,3)4/h7-17,19,30-32H,1,18,20-23H2,2-6H3,(H,40,47)(H,45,46)/t31-,32-/m0/s1. The molecule has 0 spiro atoms. The number of esters is 2. The third-order valence-electron chi connectivity index (χ3n) is 8.23. The number of carboxylic acid groups (broad SMARTS) is 1. The zero-order chi connectivity index (χ0) is 38.0. The quantitative estimate of drug-likeness (QED) is 0.113. The minimum atomic E-state index is -1.79. The van der Waals surface area contributed by atoms with Crippen LogP contribution in [0.2, 0.25) is 0 Å². The van der Waals surface area contributed by atoms with E-state index in [0.29, 0.717) is 11.3 Å². The van der Waals surface area contributed by atoms with Gasteiger partial charge in [0.15, 0.2) is 0 Å². The van der Waals surface area contributed by atoms with Crippen LogP contribution in [0.5, 0.6) is 11.5 Å². The lowest BCUT2D eigenvalue weighted by atomic mass is 9.98. The number of carboxylic acids is 1. The van der Waals surface area contributed by atoms with Gasteiger partial charge < -0.3 is 39.0 Å². The molecule has 1 aliphatic carbocycles. The molecule has 0 radical (unpaired) electrons. The molecule has 2 amide bonds. The number of aliphatic carboxylic acids is 1. The van der Waals surface area contributed by atoms with Gasteiger partial charge in [-0.15, -0.1) is 0 Å². The maximum Gasteiger partial charge on any atom is 0.407 e. The zero-order valence-corrected chi connectivity index (χ0v) is 29.9. The molecular weight excluding hydrogens is 672 g/mol. The Balaban J connectivity index is 1.66. The summed E-state index contributed by atoms with van der Waals surface area (Å²) < 4.78 is 26.9. The second-order valence-electron chi connectivity index (χ2n) is 13.0. The van der Waals surface area contributed by atoms with E-state index < -0.39 is 67.0 Å². The minimum Gasteiger partial charge on any atom is -0.497 e. The van der Waals surface area contributed by atoms with Crippen LogP contribution in [-0.2, 0) is 39.9 Å². The second-order valence-corrected chi connectivity index (χ2v) is 13.0. The van der Waals surface area contributed by atoms with Crippen LogP contribution in [0.3, 0.4) is 0 Å². The van der Waals surface area contributed by atoms with Crippen molar-refractivity contribution >= 4 is 29.9 Å². The Morgan fingerprint density at radius 1 is 0.885 bits per heavy atom. The number of amides is 2. The molecule has 3 aromatic carbocycles. The molecule has 0 aromatic heterocycles. The van der Waals surface area contributed by atoms with Gasteiger partial charge in [0.2, 0.25) is 5.91 Å². The van der Waals surface area contributed by atoms with Crippen LogP contribution in [0.1, 0.15) is 56.2 Å². The molecule has 0 saturated carbocycles. The molecule has 276 valence electrons. The van der Waals surface area contributed by atoms with Gasteiger partial charge in [0.05, 0.1) is 33.6 Å². The number of carbonyl (C=O) groups excluding carboxylic acids is 4. The van der Waals surface area contributed by atoms with Crippen LogP contribution in [0.15, 0.2) is 79.4 Å². The number of rotatable bonds is 16. The molecule has 2 atom stereocenters. The van der Waals surface area contributed by atoms with Crippen LogP contribution in [0, 0.1) is 0 Å². The number of nitrogens with one attached hydrogen (secondary N) is 1. The summed E-state index contributed by atoms with van der Waals surface area (Å²) in [5.74, 6) is -3.90. The second kappa shape index (κ2) is 17.4. The predicted octanol–water partition coefficient (Wildman–Crippen LogP) is 5.24. The molecule has 13 nitrogen and oxygen atoms in total. The Bertz CT molecular complexity index is 1750. The fourth-order valence-corrected chi connectivity index (χ4v) is 5.94. The number of alkyl carbamates (subject to hydrolysis) is 1. The summed E-state index contributed by atoms with van der Waals surface area (Å²) in [6.07, 6.45) is -1.13. The fourth-order valence-electron chi connectivity index (χ4n) is 5.94. The first-order chi connectivity index (χ1) is 24.8. The molecule has 52 heavy (non-hydrogen) atoms. The molecule has 0 aliphatic heterocycles. The van der Waals surface area contributed by atoms with Crippen molar-refractivity contribution in [3.05, 3.63) is 96.1 Å². The Hall–Kier alpha value is -5.85. The molecule has 0 fully saturated rings. The van der Waals surface area contributed by atoms with Crippen LogP contribution in [0.4, 0.5) is 4.79 Å². The first-order valence-corrected chi connectivity index (χ1v) is 16.6. The molecule has 0 heterocycles. The molecule has 13 heteroatoms. The van der Waals surface area contributed by atoms with Crippen molar-refractivity contribution < 1.29 is 52.8 Å². The van der Waals surface area contributed by atoms with Gasteiger partial charge in [-0.05, 0) is 55.2 Å². The number of carbonyl (C=O) groups is 5. The van der Waals surface area contributed by atoms with Gasteiger partial charge in [0.1, 0.15) is 42.4 Å². The van der Waals surface area contributed by atoms with E-state index in [4.69, 9.17) is 23.7 Å². The summed E-state index contributed by atoms with van der Waals surface area (Å²) >= 11 is 0. The molecule has 0 saturated heterocycles. The molecule has 0 unspecified atom stereocenters. The Labute approximate surface area is 302 Å². The largest absolute Gasteiger partial charge is 0.497 e. The molecule has 0 bridgehead atoms. The summed E-state index contributed by atoms with van der Waals surface area (Å²) in [4.78, 5) is 67.4. The van der Waals surface area contributed by atoms with E-state index in [-0.39, 0.29) is 24.9 Å².